The number of amides is 1. The van der Waals surface area contributed by atoms with Crippen LogP contribution in [-0.2, 0) is 31.0 Å². The highest BCUT2D eigenvalue weighted by atomic mass is 32.2. The van der Waals surface area contributed by atoms with E-state index in [1.807, 2.05) is 0 Å². The van der Waals surface area contributed by atoms with E-state index < -0.39 is 44.9 Å². The fourth-order valence-corrected chi connectivity index (χ4v) is 6.99. The van der Waals surface area contributed by atoms with E-state index >= 15 is 0 Å². The second-order valence-corrected chi connectivity index (χ2v) is 12.3. The van der Waals surface area contributed by atoms with E-state index in [1.165, 1.54) is 56.5 Å². The van der Waals surface area contributed by atoms with Gasteiger partial charge in [-0.2, -0.15) is 0 Å². The van der Waals surface area contributed by atoms with Crippen molar-refractivity contribution in [2.24, 2.45) is 5.92 Å². The van der Waals surface area contributed by atoms with Crippen molar-refractivity contribution in [3.63, 3.8) is 0 Å². The maximum Gasteiger partial charge on any atom is 0.355 e. The van der Waals surface area contributed by atoms with Gasteiger partial charge in [-0.1, -0.05) is 0 Å². The number of carbonyl (C=O) groups excluding carboxylic acids is 2. The fourth-order valence-electron chi connectivity index (χ4n) is 4.68. The first-order chi connectivity index (χ1) is 17.9. The number of nitro groups is 1. The molecule has 5 rings (SSSR count). The van der Waals surface area contributed by atoms with Crippen molar-refractivity contribution in [2.45, 2.75) is 37.1 Å². The molecular weight excluding hydrogens is 538 g/mol. The van der Waals surface area contributed by atoms with Crippen LogP contribution in [0, 0.1) is 16.0 Å². The molecular formula is C23H23N5O8S2. The lowest BCUT2D eigenvalue weighted by molar-refractivity contribution is -0.384. The molecule has 2 aliphatic rings. The molecule has 1 N–H and O–H groups in total. The predicted molar refractivity (Wildman–Crippen MR) is 134 cm³/mol. The number of esters is 1. The summed E-state index contributed by atoms with van der Waals surface area (Å²) in [6.45, 7) is 1.34. The number of non-ortho nitro benzene ring substituents is 1. The third kappa shape index (κ3) is 4.07. The average Bonchev–Trinajstić information content (AvgIpc) is 3.53. The standard InChI is InChI=1S/C23H23N5O8S2/c1-12(29)18-16-8-15(17-9-26-11-24-20(22(26)37-17)38(34,35)25(2)3)19(27(16)21(18)30)23(31)36-10-13-4-6-14(7-5-13)28(32)33/h4-7,9,11-12,16,18,29H,8,10H2,1-3H3/t12-,16-,18-/m1/s1. The number of β-lactam (4-membered cyclic amide) rings is 1. The van der Waals surface area contributed by atoms with Crippen molar-refractivity contribution in [1.82, 2.24) is 18.6 Å². The van der Waals surface area contributed by atoms with E-state index in [1.54, 1.807) is 10.6 Å². The van der Waals surface area contributed by atoms with Gasteiger partial charge in [0, 0.05) is 38.0 Å². The minimum absolute atomic E-state index is 0.0355. The second kappa shape index (κ2) is 9.27. The van der Waals surface area contributed by atoms with E-state index in [0.717, 1.165) is 15.6 Å². The van der Waals surface area contributed by atoms with Crippen LogP contribution in [0.3, 0.4) is 0 Å². The number of aliphatic hydroxyl groups excluding tert-OH is 1. The molecule has 0 bridgehead atoms. The topological polar surface area (TPSA) is 165 Å². The van der Waals surface area contributed by atoms with Crippen molar-refractivity contribution < 1.29 is 32.8 Å². The first-order valence-corrected chi connectivity index (χ1v) is 13.7. The lowest BCUT2D eigenvalue weighted by atomic mass is 9.83. The molecule has 0 aliphatic carbocycles. The minimum Gasteiger partial charge on any atom is -0.456 e. The van der Waals surface area contributed by atoms with E-state index in [0.29, 0.717) is 20.8 Å². The van der Waals surface area contributed by atoms with Gasteiger partial charge in [0.25, 0.3) is 15.7 Å². The molecule has 3 atom stereocenters. The molecule has 1 aromatic carbocycles. The van der Waals surface area contributed by atoms with Gasteiger partial charge in [0.15, 0.2) is 0 Å². The molecule has 13 nitrogen and oxygen atoms in total. The molecule has 15 heteroatoms. The van der Waals surface area contributed by atoms with Crippen molar-refractivity contribution in [1.29, 1.82) is 0 Å². The fraction of sp³-hybridized carbons (Fsp3) is 0.348. The van der Waals surface area contributed by atoms with Gasteiger partial charge in [-0.3, -0.25) is 19.3 Å². The number of sulfonamides is 1. The molecule has 4 heterocycles. The summed E-state index contributed by atoms with van der Waals surface area (Å²) in [7, 11) is -1.02. The smallest absolute Gasteiger partial charge is 0.355 e. The number of benzene rings is 1. The molecule has 0 saturated carbocycles. The van der Waals surface area contributed by atoms with Crippen LogP contribution >= 0.6 is 11.3 Å². The Hall–Kier alpha value is -3.66. The number of imidazole rings is 1. The van der Waals surface area contributed by atoms with Gasteiger partial charge in [0.1, 0.15) is 23.5 Å². The molecule has 0 radical (unpaired) electrons. The summed E-state index contributed by atoms with van der Waals surface area (Å²) >= 11 is 1.12. The quantitative estimate of drug-likeness (QED) is 0.186. The molecule has 38 heavy (non-hydrogen) atoms. The number of rotatable bonds is 8. The van der Waals surface area contributed by atoms with Crippen molar-refractivity contribution in [2.75, 3.05) is 14.1 Å². The zero-order chi connectivity index (χ0) is 27.5. The number of carbonyl (C=O) groups is 2. The Balaban J connectivity index is 1.50. The zero-order valence-corrected chi connectivity index (χ0v) is 22.1. The van der Waals surface area contributed by atoms with Crippen molar-refractivity contribution in [3.8, 4) is 0 Å². The van der Waals surface area contributed by atoms with Crippen LogP contribution in [0.25, 0.3) is 10.4 Å². The molecule has 1 amide bonds. The van der Waals surface area contributed by atoms with E-state index in [-0.39, 0.29) is 29.4 Å². The summed E-state index contributed by atoms with van der Waals surface area (Å²) in [5, 5.41) is 20.9. The number of fused-ring (bicyclic) bond motifs is 2. The molecule has 1 saturated heterocycles. The van der Waals surface area contributed by atoms with E-state index in [4.69, 9.17) is 4.74 Å². The minimum atomic E-state index is -3.82. The van der Waals surface area contributed by atoms with Gasteiger partial charge in [-0.15, -0.1) is 11.3 Å². The summed E-state index contributed by atoms with van der Waals surface area (Å²) in [5.74, 6) is -1.85. The molecule has 2 aliphatic heterocycles. The summed E-state index contributed by atoms with van der Waals surface area (Å²) in [4.78, 5) is 42.8. The van der Waals surface area contributed by atoms with Crippen LogP contribution in [0.5, 0.6) is 0 Å². The van der Waals surface area contributed by atoms with Gasteiger partial charge < -0.3 is 14.7 Å². The van der Waals surface area contributed by atoms with Crippen molar-refractivity contribution >= 4 is 49.3 Å². The average molecular weight is 562 g/mol. The van der Waals surface area contributed by atoms with E-state index in [2.05, 4.69) is 4.98 Å². The predicted octanol–water partition coefficient (Wildman–Crippen LogP) is 1.62. The Morgan fingerprint density at radius 2 is 2.03 bits per heavy atom. The summed E-state index contributed by atoms with van der Waals surface area (Å²) < 4.78 is 33.5. The number of hydrogen-bond acceptors (Lipinski definition) is 10. The number of nitrogens with zero attached hydrogens (tertiary/aromatic N) is 5. The SMILES string of the molecule is C[C@@H](O)[C@H]1C(=O)N2C(C(=O)OCc3ccc([N+](=O)[O-])cc3)=C(c3cn4cnc(S(=O)(=O)N(C)C)c4s3)C[C@H]12. The van der Waals surface area contributed by atoms with Crippen molar-refractivity contribution in [3.05, 3.63) is 63.0 Å². The van der Waals surface area contributed by atoms with E-state index in [9.17, 15) is 33.2 Å². The van der Waals surface area contributed by atoms with Gasteiger partial charge >= 0.3 is 5.97 Å². The normalized spacial score (nSPS) is 20.1. The van der Waals surface area contributed by atoms with Gasteiger partial charge in [0.05, 0.1) is 27.9 Å². The summed E-state index contributed by atoms with van der Waals surface area (Å²) in [5.41, 5.74) is 0.959. The van der Waals surface area contributed by atoms with Gasteiger partial charge in [-0.05, 0) is 31.0 Å². The Kier molecular flexibility index (Phi) is 6.33. The lowest BCUT2D eigenvalue weighted by Crippen LogP contribution is -2.61. The monoisotopic (exact) mass is 561 g/mol. The first-order valence-electron chi connectivity index (χ1n) is 11.5. The number of ether oxygens (including phenoxy) is 1. The Bertz CT molecular complexity index is 1600. The number of aliphatic hydroxyl groups is 1. The Morgan fingerprint density at radius 3 is 2.63 bits per heavy atom. The number of thiazole rings is 1. The lowest BCUT2D eigenvalue weighted by Gasteiger charge is -2.44. The third-order valence-electron chi connectivity index (χ3n) is 6.64. The largest absolute Gasteiger partial charge is 0.456 e. The number of aromatic nitrogens is 2. The molecule has 0 spiro atoms. The summed E-state index contributed by atoms with van der Waals surface area (Å²) in [6, 6.07) is 5.10. The molecule has 200 valence electrons. The highest BCUT2D eigenvalue weighted by Crippen LogP contribution is 2.48. The molecule has 2 aromatic heterocycles. The molecule has 1 fully saturated rings. The van der Waals surface area contributed by atoms with Crippen LogP contribution in [0.4, 0.5) is 5.69 Å². The van der Waals surface area contributed by atoms with Crippen LogP contribution in [0.15, 0.2) is 47.5 Å². The Labute approximate surface area is 220 Å². The van der Waals surface area contributed by atoms with Crippen LogP contribution in [0.2, 0.25) is 0 Å². The van der Waals surface area contributed by atoms with Gasteiger partial charge in [-0.25, -0.2) is 22.5 Å². The third-order valence-corrected chi connectivity index (χ3v) is 9.69. The second-order valence-electron chi connectivity index (χ2n) is 9.22. The highest BCUT2D eigenvalue weighted by molar-refractivity contribution is 7.89. The summed E-state index contributed by atoms with van der Waals surface area (Å²) in [6.07, 6.45) is 2.37. The zero-order valence-electron chi connectivity index (χ0n) is 20.5. The molecule has 3 aromatic rings. The van der Waals surface area contributed by atoms with Crippen LogP contribution in [-0.4, -0.2) is 75.2 Å². The molecule has 0 unspecified atom stereocenters. The first kappa shape index (κ1) is 26.0. The number of hydrogen-bond donors (Lipinski definition) is 1. The highest BCUT2D eigenvalue weighted by Gasteiger charge is 2.57. The van der Waals surface area contributed by atoms with Gasteiger partial charge in [0.2, 0.25) is 10.9 Å². The maximum absolute atomic E-state index is 13.3. The number of nitro benzene ring substituents is 1. The Morgan fingerprint density at radius 1 is 1.34 bits per heavy atom. The van der Waals surface area contributed by atoms with Crippen LogP contribution in [0.1, 0.15) is 23.8 Å². The van der Waals surface area contributed by atoms with Crippen LogP contribution < -0.4 is 0 Å². The maximum atomic E-state index is 13.3.